The number of carbonyl (C=O) groups is 1. The second kappa shape index (κ2) is 9.30. The molecule has 0 radical (unpaired) electrons. The molecule has 2 aromatic carbocycles. The maximum atomic E-state index is 13.9. The van der Waals surface area contributed by atoms with E-state index in [9.17, 15) is 9.59 Å². The molecule has 4 aromatic rings. The van der Waals surface area contributed by atoms with Crippen LogP contribution in [-0.4, -0.2) is 26.8 Å². The number of amides is 1. The van der Waals surface area contributed by atoms with Crippen LogP contribution in [0.15, 0.2) is 69.9 Å². The van der Waals surface area contributed by atoms with E-state index >= 15 is 0 Å². The summed E-state index contributed by atoms with van der Waals surface area (Å²) >= 11 is 2.76. The van der Waals surface area contributed by atoms with Gasteiger partial charge in [-0.05, 0) is 44.9 Å². The number of hydrogen-bond acceptors (Lipinski definition) is 5. The van der Waals surface area contributed by atoms with Crippen molar-refractivity contribution in [2.24, 2.45) is 0 Å². The molecule has 1 N–H and O–H groups in total. The minimum atomic E-state index is -0.398. The summed E-state index contributed by atoms with van der Waals surface area (Å²) in [7, 11) is 0. The van der Waals surface area contributed by atoms with Crippen LogP contribution in [0.4, 0.5) is 0 Å². The third kappa shape index (κ3) is 4.36. The highest BCUT2D eigenvalue weighted by molar-refractivity contribution is 8.00. The number of thioether (sulfide) groups is 1. The van der Waals surface area contributed by atoms with Crippen LogP contribution in [0.5, 0.6) is 0 Å². The van der Waals surface area contributed by atoms with Crippen molar-refractivity contribution >= 4 is 39.2 Å². The largest absolute Gasteiger partial charge is 0.353 e. The van der Waals surface area contributed by atoms with Gasteiger partial charge in [0.1, 0.15) is 4.83 Å². The van der Waals surface area contributed by atoms with Crippen LogP contribution < -0.4 is 10.9 Å². The summed E-state index contributed by atoms with van der Waals surface area (Å²) < 4.78 is 1.65. The summed E-state index contributed by atoms with van der Waals surface area (Å²) in [6.07, 6.45) is 0. The van der Waals surface area contributed by atoms with E-state index in [-0.39, 0.29) is 17.5 Å². The number of thiophene rings is 1. The van der Waals surface area contributed by atoms with E-state index in [4.69, 9.17) is 4.98 Å². The van der Waals surface area contributed by atoms with E-state index in [1.54, 1.807) is 4.57 Å². The average Bonchev–Trinajstić information content (AvgIpc) is 3.19. The molecule has 0 fully saturated rings. The predicted octanol–water partition coefficient (Wildman–Crippen LogP) is 5.43. The first-order valence-corrected chi connectivity index (χ1v) is 12.3. The molecule has 1 amide bonds. The summed E-state index contributed by atoms with van der Waals surface area (Å²) in [6, 6.07) is 17.7. The SMILES string of the molecule is Cc1ccccc1-n1c(SC(C)C(=O)NC(C)C)nc2scc(-c3ccccc3)c2c1=O. The maximum absolute atomic E-state index is 13.9. The van der Waals surface area contributed by atoms with Gasteiger partial charge in [-0.1, -0.05) is 60.3 Å². The van der Waals surface area contributed by atoms with Gasteiger partial charge in [-0.2, -0.15) is 0 Å². The van der Waals surface area contributed by atoms with Gasteiger partial charge in [-0.15, -0.1) is 11.3 Å². The average molecular weight is 464 g/mol. The number of fused-ring (bicyclic) bond motifs is 1. The van der Waals surface area contributed by atoms with Crippen LogP contribution in [0, 0.1) is 6.92 Å². The van der Waals surface area contributed by atoms with Gasteiger partial charge in [0.05, 0.1) is 16.3 Å². The van der Waals surface area contributed by atoms with Gasteiger partial charge in [0.15, 0.2) is 5.16 Å². The first-order valence-electron chi connectivity index (χ1n) is 10.5. The summed E-state index contributed by atoms with van der Waals surface area (Å²) in [5.41, 5.74) is 3.49. The van der Waals surface area contributed by atoms with E-state index in [0.29, 0.717) is 15.4 Å². The first kappa shape index (κ1) is 22.3. The molecule has 0 aliphatic heterocycles. The van der Waals surface area contributed by atoms with E-state index in [0.717, 1.165) is 22.4 Å². The van der Waals surface area contributed by atoms with Crippen molar-refractivity contribution in [1.29, 1.82) is 0 Å². The van der Waals surface area contributed by atoms with Crippen molar-refractivity contribution in [3.05, 3.63) is 75.9 Å². The van der Waals surface area contributed by atoms with Gasteiger partial charge < -0.3 is 5.32 Å². The fourth-order valence-electron chi connectivity index (χ4n) is 3.52. The molecule has 5 nitrogen and oxygen atoms in total. The van der Waals surface area contributed by atoms with Gasteiger partial charge in [-0.3, -0.25) is 14.2 Å². The standard InChI is InChI=1S/C25H25N3O2S2/c1-15(2)26-22(29)17(4)32-25-27-23-21(19(14-31-23)18-11-6-5-7-12-18)24(30)28(25)20-13-9-8-10-16(20)3/h5-15,17H,1-4H3,(H,26,29). The zero-order valence-electron chi connectivity index (χ0n) is 18.5. The lowest BCUT2D eigenvalue weighted by atomic mass is 10.1. The predicted molar refractivity (Wildman–Crippen MR) is 134 cm³/mol. The lowest BCUT2D eigenvalue weighted by Crippen LogP contribution is -2.36. The number of benzene rings is 2. The van der Waals surface area contributed by atoms with Gasteiger partial charge in [0.2, 0.25) is 5.91 Å². The number of hydrogen-bond donors (Lipinski definition) is 1. The van der Waals surface area contributed by atoms with Gasteiger partial charge in [0, 0.05) is 17.0 Å². The maximum Gasteiger partial charge on any atom is 0.268 e. The summed E-state index contributed by atoms with van der Waals surface area (Å²) in [5.74, 6) is -0.0770. The number of aryl methyl sites for hydroxylation is 1. The quantitative estimate of drug-likeness (QED) is 0.306. The van der Waals surface area contributed by atoms with Crippen molar-refractivity contribution in [1.82, 2.24) is 14.9 Å². The van der Waals surface area contributed by atoms with E-state index in [1.165, 1.54) is 23.1 Å². The van der Waals surface area contributed by atoms with Crippen LogP contribution in [-0.2, 0) is 4.79 Å². The fourth-order valence-corrected chi connectivity index (χ4v) is 5.44. The summed E-state index contributed by atoms with van der Waals surface area (Å²) in [4.78, 5) is 32.0. The van der Waals surface area contributed by atoms with Crippen LogP contribution in [0.2, 0.25) is 0 Å². The van der Waals surface area contributed by atoms with E-state index in [2.05, 4.69) is 5.32 Å². The lowest BCUT2D eigenvalue weighted by molar-refractivity contribution is -0.120. The van der Waals surface area contributed by atoms with Crippen LogP contribution in [0.1, 0.15) is 26.3 Å². The monoisotopic (exact) mass is 463 g/mol. The van der Waals surface area contributed by atoms with Gasteiger partial charge in [0.25, 0.3) is 5.56 Å². The Kier molecular flexibility index (Phi) is 6.48. The summed E-state index contributed by atoms with van der Waals surface area (Å²) in [5, 5.41) is 5.65. The molecule has 0 saturated heterocycles. The zero-order valence-corrected chi connectivity index (χ0v) is 20.1. The Bertz CT molecular complexity index is 1330. The Morgan fingerprint density at radius 2 is 1.75 bits per heavy atom. The minimum Gasteiger partial charge on any atom is -0.353 e. The lowest BCUT2D eigenvalue weighted by Gasteiger charge is -2.18. The molecule has 1 unspecified atom stereocenters. The third-order valence-electron chi connectivity index (χ3n) is 5.10. The number of nitrogens with zero attached hydrogens (tertiary/aromatic N) is 2. The zero-order chi connectivity index (χ0) is 22.8. The number of nitrogens with one attached hydrogen (secondary N) is 1. The van der Waals surface area contributed by atoms with Crippen molar-refractivity contribution in [3.63, 3.8) is 0 Å². The highest BCUT2D eigenvalue weighted by atomic mass is 32.2. The van der Waals surface area contributed by atoms with Crippen LogP contribution in [0.3, 0.4) is 0 Å². The molecule has 7 heteroatoms. The molecule has 1 atom stereocenters. The van der Waals surface area contributed by atoms with E-state index in [1.807, 2.05) is 87.7 Å². The molecule has 0 saturated carbocycles. The highest BCUT2D eigenvalue weighted by Crippen LogP contribution is 2.34. The molecule has 4 rings (SSSR count). The first-order chi connectivity index (χ1) is 15.4. The van der Waals surface area contributed by atoms with Crippen molar-refractivity contribution in [2.45, 2.75) is 44.1 Å². The van der Waals surface area contributed by atoms with E-state index < -0.39 is 5.25 Å². The van der Waals surface area contributed by atoms with Gasteiger partial charge >= 0.3 is 0 Å². The smallest absolute Gasteiger partial charge is 0.268 e. The molecule has 2 aromatic heterocycles. The Morgan fingerprint density at radius 1 is 1.06 bits per heavy atom. The molecular formula is C25H25N3O2S2. The Balaban J connectivity index is 1.92. The third-order valence-corrected chi connectivity index (χ3v) is 7.03. The molecule has 164 valence electrons. The Labute approximate surface area is 195 Å². The summed E-state index contributed by atoms with van der Waals surface area (Å²) in [6.45, 7) is 7.67. The topological polar surface area (TPSA) is 64.0 Å². The molecule has 2 heterocycles. The highest BCUT2D eigenvalue weighted by Gasteiger charge is 2.23. The Morgan fingerprint density at radius 3 is 2.44 bits per heavy atom. The number of carbonyl (C=O) groups excluding carboxylic acids is 1. The fraction of sp³-hybridized carbons (Fsp3) is 0.240. The Hall–Kier alpha value is -2.90. The second-order valence-corrected chi connectivity index (χ2v) is 10.1. The number of rotatable bonds is 6. The van der Waals surface area contributed by atoms with Crippen LogP contribution >= 0.6 is 23.1 Å². The molecule has 0 aliphatic rings. The van der Waals surface area contributed by atoms with Crippen molar-refractivity contribution < 1.29 is 4.79 Å². The molecule has 0 aliphatic carbocycles. The molecule has 0 spiro atoms. The number of para-hydroxylation sites is 1. The molecule has 0 bridgehead atoms. The molecule has 32 heavy (non-hydrogen) atoms. The second-order valence-electron chi connectivity index (χ2n) is 7.94. The normalized spacial score (nSPS) is 12.3. The minimum absolute atomic E-state index is 0.0466. The van der Waals surface area contributed by atoms with Crippen LogP contribution in [0.25, 0.3) is 27.0 Å². The van der Waals surface area contributed by atoms with Crippen molar-refractivity contribution in [3.8, 4) is 16.8 Å². The van der Waals surface area contributed by atoms with Gasteiger partial charge in [-0.25, -0.2) is 4.98 Å². The number of aromatic nitrogens is 2. The molecular weight excluding hydrogens is 438 g/mol. The van der Waals surface area contributed by atoms with Crippen molar-refractivity contribution in [2.75, 3.05) is 0 Å².